The SMILES string of the molecule is c1ccc(-c2cccc(-c3ccc(-c4oc5ccccc5c5nc6ccccc6c4-5)c4ccccc34)c2)nc1. The maximum absolute atomic E-state index is 6.71. The zero-order valence-electron chi connectivity index (χ0n) is 21.0. The van der Waals surface area contributed by atoms with Crippen LogP contribution in [-0.4, -0.2) is 9.97 Å². The molecular formula is C36H22N2O. The Bertz CT molecular complexity index is 2120. The molecule has 6 aromatic rings. The minimum Gasteiger partial charge on any atom is -0.455 e. The standard InChI is InChI=1S/C36H22N2O/c1-2-13-27-26(12-1)25(23-10-9-11-24(22-23)31-16-7-8-21-37-31)19-20-28(27)36-34-29-14-3-5-17-32(29)38-35(34)30-15-4-6-18-33(30)39-36/h1-22H. The van der Waals surface area contributed by atoms with Crippen molar-refractivity contribution in [2.24, 2.45) is 0 Å². The molecule has 3 heterocycles. The van der Waals surface area contributed by atoms with Crippen molar-refractivity contribution in [1.29, 1.82) is 0 Å². The number of aromatic nitrogens is 2. The van der Waals surface area contributed by atoms with Crippen LogP contribution in [0.3, 0.4) is 0 Å². The van der Waals surface area contributed by atoms with Gasteiger partial charge in [0.1, 0.15) is 11.3 Å². The second-order valence-electron chi connectivity index (χ2n) is 9.78. The number of hydrogen-bond acceptors (Lipinski definition) is 3. The van der Waals surface area contributed by atoms with Crippen molar-refractivity contribution in [1.82, 2.24) is 9.97 Å². The van der Waals surface area contributed by atoms with Crippen molar-refractivity contribution < 1.29 is 4.42 Å². The highest BCUT2D eigenvalue weighted by Gasteiger charge is 2.24. The van der Waals surface area contributed by atoms with E-state index < -0.39 is 0 Å². The van der Waals surface area contributed by atoms with E-state index in [4.69, 9.17) is 9.40 Å². The van der Waals surface area contributed by atoms with Crippen LogP contribution in [0, 0.1) is 0 Å². The second kappa shape index (κ2) is 8.64. The van der Waals surface area contributed by atoms with E-state index in [9.17, 15) is 0 Å². The summed E-state index contributed by atoms with van der Waals surface area (Å²) in [6.45, 7) is 0. The summed E-state index contributed by atoms with van der Waals surface area (Å²) in [4.78, 5) is 9.60. The molecule has 182 valence electrons. The van der Waals surface area contributed by atoms with Crippen LogP contribution in [0.4, 0.5) is 0 Å². The molecule has 39 heavy (non-hydrogen) atoms. The minimum atomic E-state index is 0.832. The van der Waals surface area contributed by atoms with Crippen molar-refractivity contribution in [3.05, 3.63) is 134 Å². The van der Waals surface area contributed by atoms with Gasteiger partial charge in [-0.3, -0.25) is 4.98 Å². The van der Waals surface area contributed by atoms with Gasteiger partial charge in [0.15, 0.2) is 0 Å². The van der Waals surface area contributed by atoms with Gasteiger partial charge in [-0.25, -0.2) is 4.98 Å². The fourth-order valence-corrected chi connectivity index (χ4v) is 5.74. The van der Waals surface area contributed by atoms with Crippen LogP contribution in [-0.2, 0) is 0 Å². The van der Waals surface area contributed by atoms with Crippen LogP contribution >= 0.6 is 0 Å². The van der Waals surface area contributed by atoms with E-state index in [1.165, 1.54) is 10.9 Å². The van der Waals surface area contributed by atoms with E-state index in [-0.39, 0.29) is 0 Å². The van der Waals surface area contributed by atoms with E-state index in [1.807, 2.05) is 48.7 Å². The van der Waals surface area contributed by atoms with Crippen LogP contribution in [0.5, 0.6) is 0 Å². The molecule has 0 unspecified atom stereocenters. The zero-order valence-corrected chi connectivity index (χ0v) is 21.0. The van der Waals surface area contributed by atoms with E-state index in [0.29, 0.717) is 0 Å². The third kappa shape index (κ3) is 3.44. The lowest BCUT2D eigenvalue weighted by Gasteiger charge is -2.15. The highest BCUT2D eigenvalue weighted by molar-refractivity contribution is 6.14. The molecule has 1 aromatic heterocycles. The van der Waals surface area contributed by atoms with Crippen molar-refractivity contribution in [3.63, 3.8) is 0 Å². The predicted molar refractivity (Wildman–Crippen MR) is 160 cm³/mol. The molecule has 2 aliphatic rings. The third-order valence-electron chi connectivity index (χ3n) is 7.53. The third-order valence-corrected chi connectivity index (χ3v) is 7.53. The lowest BCUT2D eigenvalue weighted by Crippen LogP contribution is -1.91. The Morgan fingerprint density at radius 3 is 2.05 bits per heavy atom. The summed E-state index contributed by atoms with van der Waals surface area (Å²) in [5, 5.41) is 4.45. The first kappa shape index (κ1) is 21.8. The number of benzene rings is 5. The quantitative estimate of drug-likeness (QED) is 0.243. The zero-order chi connectivity index (χ0) is 25.8. The molecule has 8 rings (SSSR count). The summed E-state index contributed by atoms with van der Waals surface area (Å²) < 4.78 is 6.71. The molecule has 0 aliphatic carbocycles. The Hall–Kier alpha value is -5.28. The summed E-state index contributed by atoms with van der Waals surface area (Å²) in [6, 6.07) is 44.1. The summed E-state index contributed by atoms with van der Waals surface area (Å²) in [7, 11) is 0. The Labute approximate surface area is 225 Å². The normalized spacial score (nSPS) is 11.6. The van der Waals surface area contributed by atoms with Gasteiger partial charge in [0.05, 0.1) is 22.5 Å². The number of para-hydroxylation sites is 2. The number of nitrogens with zero attached hydrogens (tertiary/aromatic N) is 2. The Kier molecular flexibility index (Phi) is 4.82. The molecule has 0 radical (unpaired) electrons. The van der Waals surface area contributed by atoms with Crippen LogP contribution < -0.4 is 0 Å². The van der Waals surface area contributed by atoms with Gasteiger partial charge in [0.2, 0.25) is 0 Å². The van der Waals surface area contributed by atoms with Crippen LogP contribution in [0.25, 0.3) is 77.6 Å². The fourth-order valence-electron chi connectivity index (χ4n) is 5.74. The van der Waals surface area contributed by atoms with E-state index in [0.717, 1.165) is 66.7 Å². The van der Waals surface area contributed by atoms with Gasteiger partial charge < -0.3 is 4.42 Å². The minimum absolute atomic E-state index is 0.832. The van der Waals surface area contributed by atoms with E-state index in [1.54, 1.807) is 0 Å². The number of rotatable bonds is 3. The predicted octanol–water partition coefficient (Wildman–Crippen LogP) is 9.63. The van der Waals surface area contributed by atoms with Gasteiger partial charge in [-0.15, -0.1) is 0 Å². The van der Waals surface area contributed by atoms with E-state index in [2.05, 4.69) is 89.9 Å². The van der Waals surface area contributed by atoms with Crippen LogP contribution in [0.2, 0.25) is 0 Å². The van der Waals surface area contributed by atoms with Gasteiger partial charge in [-0.1, -0.05) is 84.9 Å². The van der Waals surface area contributed by atoms with Gasteiger partial charge >= 0.3 is 0 Å². The topological polar surface area (TPSA) is 38.9 Å². The first-order valence-electron chi connectivity index (χ1n) is 13.1. The van der Waals surface area contributed by atoms with Gasteiger partial charge in [0.25, 0.3) is 0 Å². The van der Waals surface area contributed by atoms with Crippen LogP contribution in [0.1, 0.15) is 0 Å². The summed E-state index contributed by atoms with van der Waals surface area (Å²) in [5.74, 6) is 0.849. The van der Waals surface area contributed by atoms with Crippen molar-refractivity contribution in [3.8, 4) is 45.0 Å². The monoisotopic (exact) mass is 498 g/mol. The molecule has 0 atom stereocenters. The van der Waals surface area contributed by atoms with Crippen molar-refractivity contribution in [2.45, 2.75) is 0 Å². The molecule has 2 aliphatic heterocycles. The highest BCUT2D eigenvalue weighted by atomic mass is 16.3. The summed E-state index contributed by atoms with van der Waals surface area (Å²) in [6.07, 6.45) is 1.84. The number of pyridine rings is 1. The largest absolute Gasteiger partial charge is 0.455 e. The molecule has 0 amide bonds. The average molecular weight is 499 g/mol. The number of hydrogen-bond donors (Lipinski definition) is 0. The maximum atomic E-state index is 6.71. The molecule has 3 nitrogen and oxygen atoms in total. The lowest BCUT2D eigenvalue weighted by molar-refractivity contribution is 0.622. The highest BCUT2D eigenvalue weighted by Crippen LogP contribution is 2.46. The number of fused-ring (bicyclic) bond motifs is 6. The lowest BCUT2D eigenvalue weighted by atomic mass is 9.91. The molecule has 0 fully saturated rings. The molecule has 0 spiro atoms. The first-order valence-corrected chi connectivity index (χ1v) is 13.1. The average Bonchev–Trinajstić information content (AvgIpc) is 3.41. The fraction of sp³-hybridized carbons (Fsp3) is 0. The van der Waals surface area contributed by atoms with Crippen molar-refractivity contribution >= 4 is 32.6 Å². The maximum Gasteiger partial charge on any atom is 0.145 e. The van der Waals surface area contributed by atoms with Crippen molar-refractivity contribution in [2.75, 3.05) is 0 Å². The molecule has 0 saturated heterocycles. The Morgan fingerprint density at radius 2 is 1.21 bits per heavy atom. The van der Waals surface area contributed by atoms with E-state index >= 15 is 0 Å². The molecule has 0 saturated carbocycles. The van der Waals surface area contributed by atoms with Crippen LogP contribution in [0.15, 0.2) is 138 Å². The Balaban J connectivity index is 1.40. The molecule has 0 N–H and O–H groups in total. The molecule has 0 bridgehead atoms. The second-order valence-corrected chi connectivity index (χ2v) is 9.78. The summed E-state index contributed by atoms with van der Waals surface area (Å²) >= 11 is 0. The molecule has 5 aromatic carbocycles. The van der Waals surface area contributed by atoms with Gasteiger partial charge in [-0.2, -0.15) is 0 Å². The van der Waals surface area contributed by atoms with Gasteiger partial charge in [0, 0.05) is 28.1 Å². The summed E-state index contributed by atoms with van der Waals surface area (Å²) in [5.41, 5.74) is 9.30. The van der Waals surface area contributed by atoms with Gasteiger partial charge in [-0.05, 0) is 64.4 Å². The smallest absolute Gasteiger partial charge is 0.145 e. The molecule has 3 heteroatoms. The first-order chi connectivity index (χ1) is 19.3. The Morgan fingerprint density at radius 1 is 0.513 bits per heavy atom. The molecular weight excluding hydrogens is 476 g/mol.